The van der Waals surface area contributed by atoms with Crippen molar-refractivity contribution in [1.82, 2.24) is 25.7 Å². The van der Waals surface area contributed by atoms with Gasteiger partial charge < -0.3 is 9.32 Å². The molecule has 2 aliphatic heterocycles. The Bertz CT molecular complexity index is 839. The molecule has 0 saturated carbocycles. The predicted molar refractivity (Wildman–Crippen MR) is 95.8 cm³/mol. The molecule has 0 spiro atoms. The number of nitrogens with one attached hydrogen (secondary N) is 2. The highest BCUT2D eigenvalue weighted by Gasteiger charge is 2.36. The normalized spacial score (nSPS) is 22.7. The highest BCUT2D eigenvalue weighted by molar-refractivity contribution is 5.82. The molecular weight excluding hydrogens is 330 g/mol. The van der Waals surface area contributed by atoms with E-state index in [1.807, 2.05) is 30.2 Å². The summed E-state index contributed by atoms with van der Waals surface area (Å²) in [5.41, 5.74) is 8.19. The van der Waals surface area contributed by atoms with Crippen molar-refractivity contribution in [3.05, 3.63) is 46.9 Å². The second-order valence-electron chi connectivity index (χ2n) is 8.19. The van der Waals surface area contributed by atoms with Gasteiger partial charge in [0.1, 0.15) is 23.4 Å². The monoisotopic (exact) mass is 355 g/mol. The van der Waals surface area contributed by atoms with E-state index >= 15 is 0 Å². The first-order chi connectivity index (χ1) is 12.3. The van der Waals surface area contributed by atoms with Crippen LogP contribution >= 0.6 is 0 Å². The topological polar surface area (TPSA) is 83.3 Å². The van der Waals surface area contributed by atoms with E-state index in [0.717, 1.165) is 28.6 Å². The van der Waals surface area contributed by atoms with E-state index in [4.69, 9.17) is 9.40 Å². The number of rotatable bonds is 2. The molecule has 2 aliphatic rings. The number of amides is 1. The van der Waals surface area contributed by atoms with Crippen LogP contribution in [-0.4, -0.2) is 26.8 Å². The zero-order chi connectivity index (χ0) is 18.5. The number of furan rings is 1. The molecule has 1 fully saturated rings. The zero-order valence-corrected chi connectivity index (χ0v) is 15.7. The third-order valence-electron chi connectivity index (χ3n) is 4.94. The van der Waals surface area contributed by atoms with Gasteiger partial charge in [-0.25, -0.2) is 20.8 Å². The molecule has 1 amide bonds. The van der Waals surface area contributed by atoms with Crippen LogP contribution in [-0.2, 0) is 23.3 Å². The summed E-state index contributed by atoms with van der Waals surface area (Å²) in [5, 5.41) is 0. The van der Waals surface area contributed by atoms with Crippen molar-refractivity contribution in [2.45, 2.75) is 64.7 Å². The molecule has 2 aromatic rings. The van der Waals surface area contributed by atoms with Gasteiger partial charge in [0.2, 0.25) is 5.91 Å². The average molecular weight is 355 g/mol. The predicted octanol–water partition coefficient (Wildman–Crippen LogP) is 2.13. The molecule has 2 unspecified atom stereocenters. The number of aryl methyl sites for hydroxylation is 1. The van der Waals surface area contributed by atoms with Crippen molar-refractivity contribution in [2.75, 3.05) is 0 Å². The van der Waals surface area contributed by atoms with E-state index in [2.05, 4.69) is 36.6 Å². The Morgan fingerprint density at radius 2 is 2.08 bits per heavy atom. The van der Waals surface area contributed by atoms with Gasteiger partial charge in [0, 0.05) is 23.7 Å². The lowest BCUT2D eigenvalue weighted by Crippen LogP contribution is -2.43. The maximum Gasteiger partial charge on any atom is 0.241 e. The lowest BCUT2D eigenvalue weighted by molar-refractivity contribution is -0.133. The molecular formula is C19H25N5O2. The fourth-order valence-electron chi connectivity index (χ4n) is 3.44. The Balaban J connectivity index is 1.43. The number of aromatic nitrogens is 2. The van der Waals surface area contributed by atoms with Crippen molar-refractivity contribution in [3.63, 3.8) is 0 Å². The summed E-state index contributed by atoms with van der Waals surface area (Å²) in [6.45, 7) is 9.32. The molecule has 0 aliphatic carbocycles. The Hall–Kier alpha value is -2.25. The molecule has 2 N–H and O–H groups in total. The van der Waals surface area contributed by atoms with Crippen molar-refractivity contribution >= 4 is 5.91 Å². The number of carbonyl (C=O) groups excluding carboxylic acids is 1. The first-order valence-corrected chi connectivity index (χ1v) is 9.03. The molecule has 4 rings (SSSR count). The van der Waals surface area contributed by atoms with E-state index in [9.17, 15) is 4.79 Å². The van der Waals surface area contributed by atoms with Gasteiger partial charge in [-0.3, -0.25) is 4.79 Å². The Morgan fingerprint density at radius 3 is 2.77 bits per heavy atom. The van der Waals surface area contributed by atoms with Gasteiger partial charge in [-0.15, -0.1) is 0 Å². The molecule has 138 valence electrons. The molecule has 7 heteroatoms. The van der Waals surface area contributed by atoms with Crippen LogP contribution in [0, 0.1) is 6.92 Å². The fraction of sp³-hybridized carbons (Fsp3) is 0.526. The van der Waals surface area contributed by atoms with Gasteiger partial charge in [-0.05, 0) is 25.5 Å². The largest absolute Gasteiger partial charge is 0.465 e. The molecule has 2 aromatic heterocycles. The van der Waals surface area contributed by atoms with Crippen LogP contribution in [0.5, 0.6) is 0 Å². The average Bonchev–Trinajstić information content (AvgIpc) is 3.31. The molecule has 26 heavy (non-hydrogen) atoms. The van der Waals surface area contributed by atoms with Crippen molar-refractivity contribution < 1.29 is 9.21 Å². The highest BCUT2D eigenvalue weighted by Crippen LogP contribution is 2.28. The first-order valence-electron chi connectivity index (χ1n) is 9.03. The quantitative estimate of drug-likeness (QED) is 0.859. The molecule has 1 saturated heterocycles. The molecule has 2 atom stereocenters. The summed E-state index contributed by atoms with van der Waals surface area (Å²) in [7, 11) is 0. The smallest absolute Gasteiger partial charge is 0.241 e. The van der Waals surface area contributed by atoms with E-state index in [-0.39, 0.29) is 23.4 Å². The van der Waals surface area contributed by atoms with Gasteiger partial charge >= 0.3 is 0 Å². The molecule has 4 heterocycles. The van der Waals surface area contributed by atoms with E-state index in [1.54, 1.807) is 0 Å². The van der Waals surface area contributed by atoms with Gasteiger partial charge in [0.05, 0.1) is 18.3 Å². The van der Waals surface area contributed by atoms with Crippen LogP contribution in [0.25, 0.3) is 0 Å². The minimum absolute atomic E-state index is 0.00918. The summed E-state index contributed by atoms with van der Waals surface area (Å²) in [6.07, 6.45) is 2.53. The SMILES string of the molecule is Cc1ccc(C2CC(C(=O)N3Cc4cnc(C(C)(C)C)nc4C3)NN2)o1. The lowest BCUT2D eigenvalue weighted by Gasteiger charge is -2.19. The van der Waals surface area contributed by atoms with E-state index in [0.29, 0.717) is 19.5 Å². The number of carbonyl (C=O) groups is 1. The van der Waals surface area contributed by atoms with Crippen LogP contribution in [0.4, 0.5) is 0 Å². The second-order valence-corrected chi connectivity index (χ2v) is 8.19. The number of hydrogen-bond donors (Lipinski definition) is 2. The second kappa shape index (κ2) is 6.17. The van der Waals surface area contributed by atoms with Gasteiger partial charge in [0.15, 0.2) is 0 Å². The summed E-state index contributed by atoms with van der Waals surface area (Å²) >= 11 is 0. The number of hydrazine groups is 1. The van der Waals surface area contributed by atoms with Crippen molar-refractivity contribution in [2.24, 2.45) is 0 Å². The summed E-state index contributed by atoms with van der Waals surface area (Å²) in [6, 6.07) is 3.63. The van der Waals surface area contributed by atoms with Crippen molar-refractivity contribution in [3.8, 4) is 0 Å². The van der Waals surface area contributed by atoms with Crippen LogP contribution in [0.15, 0.2) is 22.7 Å². The summed E-state index contributed by atoms with van der Waals surface area (Å²) in [5.74, 6) is 2.63. The maximum absolute atomic E-state index is 12.9. The van der Waals surface area contributed by atoms with Crippen LogP contribution in [0.2, 0.25) is 0 Å². The number of nitrogens with zero attached hydrogens (tertiary/aromatic N) is 3. The minimum atomic E-state index is -0.269. The van der Waals surface area contributed by atoms with Gasteiger partial charge in [-0.1, -0.05) is 20.8 Å². The number of hydrogen-bond acceptors (Lipinski definition) is 6. The standard InChI is InChI=1S/C19H25N5O2/c1-11-5-6-16(26-11)13-7-14(23-22-13)17(25)24-9-12-8-20-18(19(2,3)4)21-15(12)10-24/h5-6,8,13-14,22-23H,7,9-10H2,1-4H3. The van der Waals surface area contributed by atoms with Crippen LogP contribution in [0.1, 0.15) is 61.8 Å². The summed E-state index contributed by atoms with van der Waals surface area (Å²) in [4.78, 5) is 23.9. The first kappa shape index (κ1) is 17.2. The van der Waals surface area contributed by atoms with E-state index in [1.165, 1.54) is 0 Å². The molecule has 7 nitrogen and oxygen atoms in total. The zero-order valence-electron chi connectivity index (χ0n) is 15.7. The Labute approximate surface area is 153 Å². The molecule has 0 radical (unpaired) electrons. The minimum Gasteiger partial charge on any atom is -0.465 e. The molecule has 0 aromatic carbocycles. The van der Waals surface area contributed by atoms with Crippen molar-refractivity contribution in [1.29, 1.82) is 0 Å². The third-order valence-corrected chi connectivity index (χ3v) is 4.94. The third kappa shape index (κ3) is 3.12. The highest BCUT2D eigenvalue weighted by atomic mass is 16.3. The Kier molecular flexibility index (Phi) is 4.08. The van der Waals surface area contributed by atoms with Gasteiger partial charge in [0.25, 0.3) is 0 Å². The fourth-order valence-corrected chi connectivity index (χ4v) is 3.44. The summed E-state index contributed by atoms with van der Waals surface area (Å²) < 4.78 is 5.67. The Morgan fingerprint density at radius 1 is 1.27 bits per heavy atom. The lowest BCUT2D eigenvalue weighted by atomic mass is 9.95. The number of fused-ring (bicyclic) bond motifs is 1. The van der Waals surface area contributed by atoms with Gasteiger partial charge in [-0.2, -0.15) is 0 Å². The maximum atomic E-state index is 12.9. The van der Waals surface area contributed by atoms with E-state index < -0.39 is 0 Å². The van der Waals surface area contributed by atoms with Crippen LogP contribution in [0.3, 0.4) is 0 Å². The molecule has 0 bridgehead atoms. The van der Waals surface area contributed by atoms with Crippen LogP contribution < -0.4 is 10.9 Å².